The van der Waals surface area contributed by atoms with Gasteiger partial charge in [-0.3, -0.25) is 10.2 Å². The molecule has 5 nitrogen and oxygen atoms in total. The molecule has 2 rings (SSSR count). The van der Waals surface area contributed by atoms with Gasteiger partial charge < -0.3 is 10.4 Å². The van der Waals surface area contributed by atoms with Crippen LogP contribution >= 0.6 is 12.2 Å². The number of nitrogens with one attached hydrogen (secondary N) is 2. The fourth-order valence-electron chi connectivity index (χ4n) is 4.13. The maximum absolute atomic E-state index is 10.6. The average Bonchev–Trinajstić information content (AvgIpc) is 2.90. The molecule has 3 atom stereocenters. The van der Waals surface area contributed by atoms with E-state index in [0.29, 0.717) is 29.3 Å². The number of thiocarbonyl (C=S) groups is 1. The highest BCUT2D eigenvalue weighted by Crippen LogP contribution is 2.35. The Hall–Kier alpha value is -2.21. The smallest absolute Gasteiger partial charge is 0.303 e. The van der Waals surface area contributed by atoms with Gasteiger partial charge in [-0.1, -0.05) is 50.1 Å². The molecular formula is C24H35N3O2S. The molecule has 0 heterocycles. The van der Waals surface area contributed by atoms with Crippen LogP contribution in [0.1, 0.15) is 65.2 Å². The molecule has 0 radical (unpaired) electrons. The molecular weight excluding hydrogens is 394 g/mol. The fraction of sp³-hybridized carbons (Fsp3) is 0.542. The Morgan fingerprint density at radius 3 is 2.77 bits per heavy atom. The highest BCUT2D eigenvalue weighted by molar-refractivity contribution is 7.80. The number of carboxylic acids is 1. The van der Waals surface area contributed by atoms with Gasteiger partial charge in [0.2, 0.25) is 0 Å². The third-order valence-corrected chi connectivity index (χ3v) is 5.96. The van der Waals surface area contributed by atoms with Crippen molar-refractivity contribution in [2.45, 2.75) is 65.2 Å². The van der Waals surface area contributed by atoms with Gasteiger partial charge in [0.1, 0.15) is 0 Å². The molecule has 1 aromatic carbocycles. The van der Waals surface area contributed by atoms with Crippen molar-refractivity contribution in [2.75, 3.05) is 5.32 Å². The van der Waals surface area contributed by atoms with E-state index in [0.717, 1.165) is 30.7 Å². The van der Waals surface area contributed by atoms with Gasteiger partial charge in [0.05, 0.1) is 0 Å². The minimum absolute atomic E-state index is 0.238. The standard InChI is InChI=1S/C24H35N3O2S/c1-18-11-10-13-20(12-6-3-4-9-16-23(28)29)22(17-18)19(2)26-27-24(30)25-21-14-7-5-8-15-21/h3,5-8,14-15,18,20,22H,4,9-13,16-17H2,1-2H3,(H,28,29)(H2,25,27,30)/b6-3+,26-19+/t18?,20-,22+/m1/s1. The topological polar surface area (TPSA) is 73.7 Å². The molecule has 0 aromatic heterocycles. The molecule has 3 N–H and O–H groups in total. The predicted molar refractivity (Wildman–Crippen MR) is 129 cm³/mol. The van der Waals surface area contributed by atoms with Crippen LogP contribution in [0.2, 0.25) is 0 Å². The van der Waals surface area contributed by atoms with Crippen molar-refractivity contribution in [1.82, 2.24) is 5.43 Å². The Kier molecular flexibility index (Phi) is 10.6. The number of benzene rings is 1. The second kappa shape index (κ2) is 13.2. The summed E-state index contributed by atoms with van der Waals surface area (Å²) in [5.41, 5.74) is 5.06. The summed E-state index contributed by atoms with van der Waals surface area (Å²) in [4.78, 5) is 10.6. The van der Waals surface area contributed by atoms with Gasteiger partial charge in [-0.05, 0) is 75.2 Å². The van der Waals surface area contributed by atoms with E-state index in [1.165, 1.54) is 19.3 Å². The summed E-state index contributed by atoms with van der Waals surface area (Å²) in [6.07, 6.45) is 12.0. The third kappa shape index (κ3) is 9.08. The van der Waals surface area contributed by atoms with E-state index < -0.39 is 5.97 Å². The molecule has 30 heavy (non-hydrogen) atoms. The summed E-state index contributed by atoms with van der Waals surface area (Å²) in [5.74, 6) is 0.962. The molecule has 0 bridgehead atoms. The van der Waals surface area contributed by atoms with Gasteiger partial charge in [0.15, 0.2) is 5.11 Å². The summed E-state index contributed by atoms with van der Waals surface area (Å²) < 4.78 is 0. The van der Waals surface area contributed by atoms with Gasteiger partial charge in [0, 0.05) is 23.7 Å². The van der Waals surface area contributed by atoms with Crippen LogP contribution in [0.4, 0.5) is 5.69 Å². The van der Waals surface area contributed by atoms with Crippen LogP contribution in [0.25, 0.3) is 0 Å². The van der Waals surface area contributed by atoms with Gasteiger partial charge in [0.25, 0.3) is 0 Å². The molecule has 1 unspecified atom stereocenters. The number of hydrazone groups is 1. The highest BCUT2D eigenvalue weighted by Gasteiger charge is 2.28. The predicted octanol–water partition coefficient (Wildman–Crippen LogP) is 5.99. The maximum Gasteiger partial charge on any atom is 0.303 e. The van der Waals surface area contributed by atoms with Crippen LogP contribution in [0, 0.1) is 17.8 Å². The highest BCUT2D eigenvalue weighted by atomic mass is 32.1. The molecule has 1 aliphatic rings. The van der Waals surface area contributed by atoms with Crippen LogP contribution in [0.15, 0.2) is 47.6 Å². The van der Waals surface area contributed by atoms with E-state index in [9.17, 15) is 4.79 Å². The molecule has 6 heteroatoms. The largest absolute Gasteiger partial charge is 0.481 e. The second-order valence-electron chi connectivity index (χ2n) is 8.32. The minimum Gasteiger partial charge on any atom is -0.481 e. The van der Waals surface area contributed by atoms with Gasteiger partial charge in [-0.15, -0.1) is 0 Å². The van der Waals surface area contributed by atoms with Gasteiger partial charge in [-0.25, -0.2) is 0 Å². The van der Waals surface area contributed by atoms with E-state index in [-0.39, 0.29) is 6.42 Å². The van der Waals surface area contributed by atoms with Crippen LogP contribution in [0.3, 0.4) is 0 Å². The number of unbranched alkanes of at least 4 members (excludes halogenated alkanes) is 1. The van der Waals surface area contributed by atoms with E-state index in [1.54, 1.807) is 0 Å². The third-order valence-electron chi connectivity index (χ3n) is 5.77. The monoisotopic (exact) mass is 429 g/mol. The van der Waals surface area contributed by atoms with Crippen LogP contribution < -0.4 is 10.7 Å². The van der Waals surface area contributed by atoms with Crippen LogP contribution in [-0.4, -0.2) is 21.9 Å². The Morgan fingerprint density at radius 1 is 1.27 bits per heavy atom. The number of nitrogens with zero attached hydrogens (tertiary/aromatic N) is 1. The van der Waals surface area contributed by atoms with Crippen LogP contribution in [0.5, 0.6) is 0 Å². The number of carboxylic acid groups (broad SMARTS) is 1. The summed E-state index contributed by atoms with van der Waals surface area (Å²) in [7, 11) is 0. The van der Waals surface area contributed by atoms with Crippen molar-refractivity contribution >= 4 is 34.7 Å². The Bertz CT molecular complexity index is 733. The van der Waals surface area contributed by atoms with E-state index in [2.05, 4.69) is 41.8 Å². The lowest BCUT2D eigenvalue weighted by atomic mass is 9.81. The van der Waals surface area contributed by atoms with E-state index in [1.807, 2.05) is 30.3 Å². The molecule has 1 fully saturated rings. The van der Waals surface area contributed by atoms with Gasteiger partial charge >= 0.3 is 5.97 Å². The lowest BCUT2D eigenvalue weighted by molar-refractivity contribution is -0.137. The normalized spacial score (nSPS) is 22.5. The molecule has 1 saturated carbocycles. The second-order valence-corrected chi connectivity index (χ2v) is 8.72. The zero-order chi connectivity index (χ0) is 21.8. The molecule has 0 saturated heterocycles. The summed E-state index contributed by atoms with van der Waals surface area (Å²) in [6, 6.07) is 9.84. The van der Waals surface area contributed by atoms with Crippen molar-refractivity contribution in [3.8, 4) is 0 Å². The zero-order valence-corrected chi connectivity index (χ0v) is 19.0. The number of anilines is 1. The van der Waals surface area contributed by atoms with Crippen molar-refractivity contribution in [1.29, 1.82) is 0 Å². The van der Waals surface area contributed by atoms with Crippen molar-refractivity contribution in [3.05, 3.63) is 42.5 Å². The Morgan fingerprint density at radius 2 is 2.03 bits per heavy atom. The number of aliphatic carboxylic acids is 1. The van der Waals surface area contributed by atoms with Crippen molar-refractivity contribution < 1.29 is 9.90 Å². The molecule has 0 spiro atoms. The van der Waals surface area contributed by atoms with Gasteiger partial charge in [-0.2, -0.15) is 5.10 Å². The first-order valence-corrected chi connectivity index (χ1v) is 11.4. The minimum atomic E-state index is -0.722. The quantitative estimate of drug-likeness (QED) is 0.112. The summed E-state index contributed by atoms with van der Waals surface area (Å²) in [5, 5.41) is 17.0. The van der Waals surface area contributed by atoms with Crippen molar-refractivity contribution in [3.63, 3.8) is 0 Å². The number of hydrogen-bond acceptors (Lipinski definition) is 3. The fourth-order valence-corrected chi connectivity index (χ4v) is 4.29. The zero-order valence-electron chi connectivity index (χ0n) is 18.1. The Balaban J connectivity index is 1.92. The molecule has 0 aliphatic heterocycles. The number of hydrogen-bond donors (Lipinski definition) is 3. The maximum atomic E-state index is 10.6. The first-order chi connectivity index (χ1) is 14.5. The lowest BCUT2D eigenvalue weighted by Gasteiger charge is -2.25. The van der Waals surface area contributed by atoms with Crippen LogP contribution in [-0.2, 0) is 4.79 Å². The Labute approximate surface area is 186 Å². The molecule has 1 aromatic rings. The average molecular weight is 430 g/mol. The van der Waals surface area contributed by atoms with Crippen molar-refractivity contribution in [2.24, 2.45) is 22.9 Å². The lowest BCUT2D eigenvalue weighted by Crippen LogP contribution is -2.28. The number of carbonyl (C=O) groups is 1. The summed E-state index contributed by atoms with van der Waals surface area (Å²) in [6.45, 7) is 4.43. The number of para-hydroxylation sites is 1. The molecule has 164 valence electrons. The first-order valence-electron chi connectivity index (χ1n) is 11.0. The van der Waals surface area contributed by atoms with E-state index in [4.69, 9.17) is 17.3 Å². The number of rotatable bonds is 9. The number of allylic oxidation sites excluding steroid dienone is 2. The first kappa shape index (κ1) is 24.1. The summed E-state index contributed by atoms with van der Waals surface area (Å²) >= 11 is 5.38. The SMILES string of the molecule is C/C(=N\NC(=S)Nc1ccccc1)[C@@H]1CC(C)CCC[C@H]1C/C=C/CCCC(=O)O. The van der Waals surface area contributed by atoms with E-state index >= 15 is 0 Å². The molecule has 1 aliphatic carbocycles. The molecule has 0 amide bonds.